The van der Waals surface area contributed by atoms with Gasteiger partial charge in [0.05, 0.1) is 18.6 Å². The first-order valence-corrected chi connectivity index (χ1v) is 11.2. The number of para-hydroxylation sites is 1. The van der Waals surface area contributed by atoms with Crippen LogP contribution in [0.15, 0.2) is 36.4 Å². The molecular weight excluding hydrogens is 414 g/mol. The van der Waals surface area contributed by atoms with Crippen LogP contribution in [0, 0.1) is 13.8 Å². The quantitative estimate of drug-likeness (QED) is 0.602. The Balaban J connectivity index is 1.31. The average Bonchev–Trinajstić information content (AvgIpc) is 2.76. The van der Waals surface area contributed by atoms with Crippen LogP contribution in [-0.2, 0) is 4.79 Å². The number of nitrogens with zero attached hydrogens (tertiary/aromatic N) is 1. The van der Waals surface area contributed by atoms with Crippen molar-refractivity contribution in [2.75, 3.05) is 19.7 Å². The van der Waals surface area contributed by atoms with Crippen LogP contribution in [-0.4, -0.2) is 41.9 Å². The lowest BCUT2D eigenvalue weighted by molar-refractivity contribution is -0.135. The number of carbonyl (C=O) groups is 2. The van der Waals surface area contributed by atoms with Crippen molar-refractivity contribution >= 4 is 23.3 Å². The number of carbonyl (C=O) groups excluding carboxylic acids is 2. The topological polar surface area (TPSA) is 55.8 Å². The third-order valence-electron chi connectivity index (χ3n) is 6.31. The standard InChI is InChI=1S/C25H28ClNO4/c1-17-15-21-23(18(2)24(17)26)20(28)16-25(31-21)10-12-27(13-11-25)22(29)9-6-14-30-19-7-4-3-5-8-19/h3-5,7-8,15H,6,9-14,16H2,1-2H3. The number of ether oxygens (including phenoxy) is 2. The molecule has 5 nitrogen and oxygen atoms in total. The van der Waals surface area contributed by atoms with E-state index in [1.54, 1.807) is 0 Å². The van der Waals surface area contributed by atoms with E-state index in [0.29, 0.717) is 68.1 Å². The third kappa shape index (κ3) is 4.57. The number of piperidine rings is 1. The molecule has 2 aliphatic heterocycles. The Hall–Kier alpha value is -2.53. The van der Waals surface area contributed by atoms with Crippen molar-refractivity contribution < 1.29 is 19.1 Å². The normalized spacial score (nSPS) is 17.3. The third-order valence-corrected chi connectivity index (χ3v) is 6.89. The van der Waals surface area contributed by atoms with Crippen molar-refractivity contribution in [3.8, 4) is 11.5 Å². The molecule has 6 heteroatoms. The van der Waals surface area contributed by atoms with E-state index >= 15 is 0 Å². The molecule has 2 aliphatic rings. The lowest BCUT2D eigenvalue weighted by Crippen LogP contribution is -2.52. The number of Topliss-reactive ketones (excluding diaryl/α,β-unsaturated/α-hetero) is 1. The Labute approximate surface area is 188 Å². The molecule has 0 atom stereocenters. The van der Waals surface area contributed by atoms with Crippen LogP contribution in [0.25, 0.3) is 0 Å². The molecule has 1 fully saturated rings. The maximum absolute atomic E-state index is 12.9. The van der Waals surface area contributed by atoms with E-state index in [1.807, 2.05) is 55.1 Å². The maximum atomic E-state index is 12.9. The number of aryl methyl sites for hydroxylation is 1. The van der Waals surface area contributed by atoms with Crippen LogP contribution in [0.5, 0.6) is 11.5 Å². The molecule has 0 bridgehead atoms. The molecule has 0 unspecified atom stereocenters. The number of hydrogen-bond donors (Lipinski definition) is 0. The Bertz CT molecular complexity index is 981. The lowest BCUT2D eigenvalue weighted by atomic mass is 9.81. The summed E-state index contributed by atoms with van der Waals surface area (Å²) in [6.07, 6.45) is 2.79. The Morgan fingerprint density at radius 1 is 1.19 bits per heavy atom. The van der Waals surface area contributed by atoms with Crippen molar-refractivity contribution in [3.05, 3.63) is 58.1 Å². The summed E-state index contributed by atoms with van der Waals surface area (Å²) in [5.41, 5.74) is 1.79. The number of likely N-dealkylation sites (tertiary alicyclic amines) is 1. The molecule has 2 heterocycles. The van der Waals surface area contributed by atoms with Gasteiger partial charge >= 0.3 is 0 Å². The van der Waals surface area contributed by atoms with Gasteiger partial charge in [-0.3, -0.25) is 9.59 Å². The summed E-state index contributed by atoms with van der Waals surface area (Å²) in [6, 6.07) is 11.5. The summed E-state index contributed by atoms with van der Waals surface area (Å²) in [6.45, 7) is 5.52. The van der Waals surface area contributed by atoms with Crippen LogP contribution in [0.2, 0.25) is 5.02 Å². The zero-order valence-corrected chi connectivity index (χ0v) is 18.8. The van der Waals surface area contributed by atoms with E-state index < -0.39 is 5.60 Å². The van der Waals surface area contributed by atoms with Gasteiger partial charge in [0, 0.05) is 37.4 Å². The minimum absolute atomic E-state index is 0.0819. The van der Waals surface area contributed by atoms with Gasteiger partial charge in [0.2, 0.25) is 5.91 Å². The molecule has 1 spiro atoms. The van der Waals surface area contributed by atoms with Gasteiger partial charge in [0.1, 0.15) is 17.1 Å². The summed E-state index contributed by atoms with van der Waals surface area (Å²) in [5, 5.41) is 0.628. The highest BCUT2D eigenvalue weighted by Gasteiger charge is 2.44. The van der Waals surface area contributed by atoms with Crippen LogP contribution in [0.3, 0.4) is 0 Å². The zero-order chi connectivity index (χ0) is 22.0. The summed E-state index contributed by atoms with van der Waals surface area (Å²) in [5.74, 6) is 1.67. The monoisotopic (exact) mass is 441 g/mol. The number of amides is 1. The number of ketones is 1. The molecule has 4 rings (SSSR count). The molecule has 0 aromatic heterocycles. The summed E-state index contributed by atoms with van der Waals surface area (Å²) >= 11 is 6.34. The highest BCUT2D eigenvalue weighted by molar-refractivity contribution is 6.32. The molecule has 31 heavy (non-hydrogen) atoms. The molecule has 0 aliphatic carbocycles. The van der Waals surface area contributed by atoms with E-state index in [2.05, 4.69) is 0 Å². The summed E-state index contributed by atoms with van der Waals surface area (Å²) in [7, 11) is 0. The second-order valence-corrected chi connectivity index (χ2v) is 8.91. The van der Waals surface area contributed by atoms with Gasteiger partial charge < -0.3 is 14.4 Å². The molecule has 1 saturated heterocycles. The average molecular weight is 442 g/mol. The number of benzene rings is 2. The number of fused-ring (bicyclic) bond motifs is 1. The molecule has 0 saturated carbocycles. The van der Waals surface area contributed by atoms with Crippen LogP contribution < -0.4 is 9.47 Å². The fourth-order valence-electron chi connectivity index (χ4n) is 4.53. The number of halogens is 1. The van der Waals surface area contributed by atoms with Crippen LogP contribution in [0.4, 0.5) is 0 Å². The Kier molecular flexibility index (Phi) is 6.24. The van der Waals surface area contributed by atoms with E-state index in [0.717, 1.165) is 16.9 Å². The van der Waals surface area contributed by atoms with Gasteiger partial charge in [-0.2, -0.15) is 0 Å². The Morgan fingerprint density at radius 2 is 1.90 bits per heavy atom. The van der Waals surface area contributed by atoms with Gasteiger partial charge in [-0.25, -0.2) is 0 Å². The molecule has 0 N–H and O–H groups in total. The molecular formula is C25H28ClNO4. The van der Waals surface area contributed by atoms with E-state index in [4.69, 9.17) is 21.1 Å². The molecule has 2 aromatic carbocycles. The summed E-state index contributed by atoms with van der Waals surface area (Å²) < 4.78 is 12.1. The molecule has 0 radical (unpaired) electrons. The van der Waals surface area contributed by atoms with E-state index in [-0.39, 0.29) is 11.7 Å². The predicted molar refractivity (Wildman–Crippen MR) is 120 cm³/mol. The smallest absolute Gasteiger partial charge is 0.222 e. The molecule has 2 aromatic rings. The zero-order valence-electron chi connectivity index (χ0n) is 18.1. The van der Waals surface area contributed by atoms with Gasteiger partial charge in [0.25, 0.3) is 0 Å². The first kappa shape index (κ1) is 21.7. The minimum Gasteiger partial charge on any atom is -0.494 e. The van der Waals surface area contributed by atoms with Crippen molar-refractivity contribution in [3.63, 3.8) is 0 Å². The molecule has 164 valence electrons. The van der Waals surface area contributed by atoms with Gasteiger partial charge in [0.15, 0.2) is 5.78 Å². The maximum Gasteiger partial charge on any atom is 0.222 e. The second kappa shape index (κ2) is 8.91. The van der Waals surface area contributed by atoms with Crippen molar-refractivity contribution in [2.24, 2.45) is 0 Å². The second-order valence-electron chi connectivity index (χ2n) is 8.54. The van der Waals surface area contributed by atoms with Gasteiger partial charge in [-0.15, -0.1) is 0 Å². The highest BCUT2D eigenvalue weighted by atomic mass is 35.5. The van der Waals surface area contributed by atoms with Crippen molar-refractivity contribution in [2.45, 2.75) is 51.6 Å². The van der Waals surface area contributed by atoms with Gasteiger partial charge in [-0.1, -0.05) is 29.8 Å². The lowest BCUT2D eigenvalue weighted by Gasteiger charge is -2.44. The fraction of sp³-hybridized carbons (Fsp3) is 0.440. The van der Waals surface area contributed by atoms with Crippen LogP contribution >= 0.6 is 11.6 Å². The molecule has 1 amide bonds. The SMILES string of the molecule is Cc1cc2c(c(C)c1Cl)C(=O)CC1(CCN(C(=O)CCCOc3ccccc3)CC1)O2. The van der Waals surface area contributed by atoms with Crippen molar-refractivity contribution in [1.29, 1.82) is 0 Å². The van der Waals surface area contributed by atoms with E-state index in [9.17, 15) is 9.59 Å². The Morgan fingerprint density at radius 3 is 2.61 bits per heavy atom. The highest BCUT2D eigenvalue weighted by Crippen LogP contribution is 2.43. The largest absolute Gasteiger partial charge is 0.494 e. The van der Waals surface area contributed by atoms with Gasteiger partial charge in [-0.05, 0) is 49.6 Å². The predicted octanol–water partition coefficient (Wildman–Crippen LogP) is 5.14. The van der Waals surface area contributed by atoms with E-state index in [1.165, 1.54) is 0 Å². The van der Waals surface area contributed by atoms with Crippen LogP contribution in [0.1, 0.15) is 53.6 Å². The fourth-order valence-corrected chi connectivity index (χ4v) is 4.68. The first-order valence-electron chi connectivity index (χ1n) is 10.9. The first-order chi connectivity index (χ1) is 14.9. The summed E-state index contributed by atoms with van der Waals surface area (Å²) in [4.78, 5) is 27.4. The minimum atomic E-state index is -0.524. The van der Waals surface area contributed by atoms with Crippen molar-refractivity contribution in [1.82, 2.24) is 4.90 Å². The number of rotatable bonds is 5. The number of hydrogen-bond acceptors (Lipinski definition) is 4.